The van der Waals surface area contributed by atoms with Crippen molar-refractivity contribution in [3.8, 4) is 0 Å². The van der Waals surface area contributed by atoms with Crippen LogP contribution in [-0.2, 0) is 6.42 Å². The van der Waals surface area contributed by atoms with Gasteiger partial charge in [0, 0.05) is 5.02 Å². The first-order valence-electron chi connectivity index (χ1n) is 4.28. The molecule has 0 bridgehead atoms. The Balaban J connectivity index is 2.46. The molecule has 0 saturated heterocycles. The van der Waals surface area contributed by atoms with Gasteiger partial charge in [-0.2, -0.15) is 0 Å². The van der Waals surface area contributed by atoms with Crippen molar-refractivity contribution in [1.29, 1.82) is 0 Å². The molecule has 0 heterocycles. The molecule has 0 aliphatic carbocycles. The summed E-state index contributed by atoms with van der Waals surface area (Å²) in [5.41, 5.74) is 6.63. The molecule has 0 atom stereocenters. The summed E-state index contributed by atoms with van der Waals surface area (Å²) >= 11 is 5.97. The van der Waals surface area contributed by atoms with E-state index in [0.29, 0.717) is 0 Å². The Labute approximate surface area is 78.5 Å². The molecule has 12 heavy (non-hydrogen) atoms. The van der Waals surface area contributed by atoms with Crippen molar-refractivity contribution in [3.05, 3.63) is 34.9 Å². The van der Waals surface area contributed by atoms with E-state index in [-0.39, 0.29) is 0 Å². The van der Waals surface area contributed by atoms with Gasteiger partial charge in [-0.05, 0) is 37.4 Å². The summed E-state index contributed by atoms with van der Waals surface area (Å²) in [6.07, 6.45) is 3.24. The summed E-state index contributed by atoms with van der Waals surface area (Å²) < 4.78 is 0. The number of hydrogen-bond donors (Lipinski definition) is 1. The maximum atomic E-state index is 5.97. The van der Waals surface area contributed by atoms with Crippen LogP contribution in [0.4, 0.5) is 0 Å². The zero-order valence-electron chi connectivity index (χ0n) is 7.09. The van der Waals surface area contributed by atoms with E-state index < -0.39 is 0 Å². The van der Waals surface area contributed by atoms with Gasteiger partial charge in [0.2, 0.25) is 0 Å². The molecule has 0 saturated carbocycles. The zero-order valence-corrected chi connectivity index (χ0v) is 7.85. The van der Waals surface area contributed by atoms with Crippen LogP contribution in [0, 0.1) is 0 Å². The Hall–Kier alpha value is -0.530. The van der Waals surface area contributed by atoms with Gasteiger partial charge in [0.05, 0.1) is 0 Å². The molecule has 0 spiro atoms. The van der Waals surface area contributed by atoms with Crippen LogP contribution in [0.1, 0.15) is 18.4 Å². The van der Waals surface area contributed by atoms with Crippen LogP contribution < -0.4 is 5.73 Å². The van der Waals surface area contributed by atoms with Crippen LogP contribution in [0.5, 0.6) is 0 Å². The number of hydrogen-bond acceptors (Lipinski definition) is 1. The van der Waals surface area contributed by atoms with Crippen molar-refractivity contribution in [2.45, 2.75) is 19.3 Å². The highest BCUT2D eigenvalue weighted by Crippen LogP contribution is 2.16. The van der Waals surface area contributed by atoms with Crippen molar-refractivity contribution in [2.75, 3.05) is 6.54 Å². The second kappa shape index (κ2) is 5.18. The van der Waals surface area contributed by atoms with E-state index in [4.69, 9.17) is 17.3 Å². The number of aryl methyl sites for hydroxylation is 1. The summed E-state index contributed by atoms with van der Waals surface area (Å²) in [6, 6.07) is 7.97. The van der Waals surface area contributed by atoms with Crippen molar-refractivity contribution in [1.82, 2.24) is 0 Å². The number of benzene rings is 1. The number of nitrogens with two attached hydrogens (primary N) is 1. The molecule has 1 nitrogen and oxygen atoms in total. The predicted octanol–water partition coefficient (Wildman–Crippen LogP) is 2.62. The molecule has 2 N–H and O–H groups in total. The normalized spacial score (nSPS) is 10.2. The maximum Gasteiger partial charge on any atom is 0.0437 e. The molecule has 1 aromatic carbocycles. The molecule has 0 aliphatic rings. The molecule has 0 aliphatic heterocycles. The molecule has 0 radical (unpaired) electrons. The van der Waals surface area contributed by atoms with Gasteiger partial charge in [-0.15, -0.1) is 0 Å². The first-order chi connectivity index (χ1) is 5.84. The molecular weight excluding hydrogens is 170 g/mol. The van der Waals surface area contributed by atoms with Crippen molar-refractivity contribution in [3.63, 3.8) is 0 Å². The van der Waals surface area contributed by atoms with Gasteiger partial charge in [-0.25, -0.2) is 0 Å². The zero-order chi connectivity index (χ0) is 8.81. The Morgan fingerprint density at radius 3 is 2.58 bits per heavy atom. The van der Waals surface area contributed by atoms with Gasteiger partial charge >= 0.3 is 0 Å². The summed E-state index contributed by atoms with van der Waals surface area (Å²) in [7, 11) is 0. The van der Waals surface area contributed by atoms with Gasteiger partial charge < -0.3 is 5.73 Å². The third-order valence-corrected chi connectivity index (χ3v) is 2.23. The van der Waals surface area contributed by atoms with Crippen LogP contribution >= 0.6 is 11.6 Å². The van der Waals surface area contributed by atoms with E-state index in [0.717, 1.165) is 30.8 Å². The summed E-state index contributed by atoms with van der Waals surface area (Å²) in [5.74, 6) is 0. The highest BCUT2D eigenvalue weighted by atomic mass is 35.5. The lowest BCUT2D eigenvalue weighted by atomic mass is 10.1. The van der Waals surface area contributed by atoms with Crippen molar-refractivity contribution < 1.29 is 0 Å². The number of halogens is 1. The maximum absolute atomic E-state index is 5.97. The van der Waals surface area contributed by atoms with Crippen LogP contribution in [-0.4, -0.2) is 6.54 Å². The lowest BCUT2D eigenvalue weighted by molar-refractivity contribution is 0.745. The standard InChI is InChI=1S/C10H14ClN/c11-10-7-2-1-5-9(10)6-3-4-8-12/h1-2,5,7H,3-4,6,8,12H2. The van der Waals surface area contributed by atoms with Crippen molar-refractivity contribution >= 4 is 11.6 Å². The fraction of sp³-hybridized carbons (Fsp3) is 0.400. The van der Waals surface area contributed by atoms with Crippen LogP contribution in [0.2, 0.25) is 5.02 Å². The third kappa shape index (κ3) is 2.84. The smallest absolute Gasteiger partial charge is 0.0437 e. The Bertz CT molecular complexity index is 235. The average Bonchev–Trinajstić information content (AvgIpc) is 2.09. The average molecular weight is 184 g/mol. The minimum absolute atomic E-state index is 0.768. The van der Waals surface area contributed by atoms with Gasteiger partial charge in [-0.1, -0.05) is 29.8 Å². The lowest BCUT2D eigenvalue weighted by Gasteiger charge is -2.01. The fourth-order valence-corrected chi connectivity index (χ4v) is 1.39. The highest BCUT2D eigenvalue weighted by molar-refractivity contribution is 6.31. The summed E-state index contributed by atoms with van der Waals surface area (Å²) in [4.78, 5) is 0. The quantitative estimate of drug-likeness (QED) is 0.714. The SMILES string of the molecule is NCCCCc1ccccc1Cl. The topological polar surface area (TPSA) is 26.0 Å². The first-order valence-corrected chi connectivity index (χ1v) is 4.66. The number of rotatable bonds is 4. The Kier molecular flexibility index (Phi) is 4.12. The van der Waals surface area contributed by atoms with E-state index in [9.17, 15) is 0 Å². The van der Waals surface area contributed by atoms with E-state index in [2.05, 4.69) is 6.07 Å². The molecule has 0 fully saturated rings. The molecule has 0 aromatic heterocycles. The Morgan fingerprint density at radius 2 is 1.92 bits per heavy atom. The van der Waals surface area contributed by atoms with Gasteiger partial charge in [-0.3, -0.25) is 0 Å². The third-order valence-electron chi connectivity index (χ3n) is 1.86. The van der Waals surface area contributed by atoms with Gasteiger partial charge in [0.1, 0.15) is 0 Å². The van der Waals surface area contributed by atoms with Gasteiger partial charge in [0.15, 0.2) is 0 Å². The highest BCUT2D eigenvalue weighted by Gasteiger charge is 1.96. The van der Waals surface area contributed by atoms with Crippen molar-refractivity contribution in [2.24, 2.45) is 5.73 Å². The minimum Gasteiger partial charge on any atom is -0.330 e. The lowest BCUT2D eigenvalue weighted by Crippen LogP contribution is -1.99. The second-order valence-corrected chi connectivity index (χ2v) is 3.24. The molecule has 0 unspecified atom stereocenters. The fourth-order valence-electron chi connectivity index (χ4n) is 1.16. The van der Waals surface area contributed by atoms with Crippen LogP contribution in [0.25, 0.3) is 0 Å². The van der Waals surface area contributed by atoms with E-state index in [1.165, 1.54) is 5.56 Å². The van der Waals surface area contributed by atoms with E-state index in [1.807, 2.05) is 18.2 Å². The first kappa shape index (κ1) is 9.56. The molecule has 1 rings (SSSR count). The molecule has 66 valence electrons. The van der Waals surface area contributed by atoms with Gasteiger partial charge in [0.25, 0.3) is 0 Å². The number of unbranched alkanes of at least 4 members (excludes halogenated alkanes) is 1. The van der Waals surface area contributed by atoms with Crippen LogP contribution in [0.15, 0.2) is 24.3 Å². The second-order valence-electron chi connectivity index (χ2n) is 2.84. The Morgan fingerprint density at radius 1 is 1.17 bits per heavy atom. The molecule has 1 aromatic rings. The predicted molar refractivity (Wildman–Crippen MR) is 53.4 cm³/mol. The molecule has 2 heteroatoms. The summed E-state index contributed by atoms with van der Waals surface area (Å²) in [5, 5.41) is 0.870. The molecular formula is C10H14ClN. The van der Waals surface area contributed by atoms with E-state index >= 15 is 0 Å². The largest absolute Gasteiger partial charge is 0.330 e. The molecule has 0 amide bonds. The van der Waals surface area contributed by atoms with E-state index in [1.54, 1.807) is 0 Å². The minimum atomic E-state index is 0.768. The summed E-state index contributed by atoms with van der Waals surface area (Å²) in [6.45, 7) is 0.768. The van der Waals surface area contributed by atoms with Crippen LogP contribution in [0.3, 0.4) is 0 Å². The monoisotopic (exact) mass is 183 g/mol.